The van der Waals surface area contributed by atoms with Crippen molar-refractivity contribution in [1.82, 2.24) is 19.7 Å². The molecular formula is C17H14Cl2N4S. The van der Waals surface area contributed by atoms with Gasteiger partial charge in [0.05, 0.1) is 0 Å². The number of halogens is 2. The van der Waals surface area contributed by atoms with Crippen LogP contribution in [0.15, 0.2) is 60.4 Å². The van der Waals surface area contributed by atoms with Crippen LogP contribution in [-0.4, -0.2) is 19.7 Å². The number of hydrogen-bond acceptors (Lipinski definition) is 4. The van der Waals surface area contributed by atoms with Crippen LogP contribution in [0.2, 0.25) is 10.2 Å². The molecule has 7 heteroatoms. The Morgan fingerprint density at radius 3 is 2.54 bits per heavy atom. The molecule has 0 atom stereocenters. The first-order valence-corrected chi connectivity index (χ1v) is 8.95. The number of rotatable bonds is 6. The SMILES string of the molecule is C=CCn1c(SCc2ccc(Cl)nc2)nnc1-c1ccc(Cl)cc1. The maximum atomic E-state index is 5.96. The molecule has 0 radical (unpaired) electrons. The molecule has 0 saturated heterocycles. The number of hydrogen-bond donors (Lipinski definition) is 0. The predicted molar refractivity (Wildman–Crippen MR) is 99.5 cm³/mol. The number of thioether (sulfide) groups is 1. The Bertz CT molecular complexity index is 829. The lowest BCUT2D eigenvalue weighted by molar-refractivity contribution is 0.731. The second-order valence-electron chi connectivity index (χ2n) is 4.99. The van der Waals surface area contributed by atoms with Gasteiger partial charge in [0.2, 0.25) is 0 Å². The van der Waals surface area contributed by atoms with Crippen LogP contribution in [0.4, 0.5) is 0 Å². The molecule has 3 aromatic rings. The molecule has 0 spiro atoms. The molecule has 0 aliphatic rings. The molecule has 24 heavy (non-hydrogen) atoms. The van der Waals surface area contributed by atoms with Gasteiger partial charge in [-0.15, -0.1) is 16.8 Å². The van der Waals surface area contributed by atoms with Gasteiger partial charge in [0, 0.05) is 29.1 Å². The van der Waals surface area contributed by atoms with Crippen molar-refractivity contribution in [3.8, 4) is 11.4 Å². The summed E-state index contributed by atoms with van der Waals surface area (Å²) in [7, 11) is 0. The summed E-state index contributed by atoms with van der Waals surface area (Å²) in [5.74, 6) is 1.53. The molecule has 0 bridgehead atoms. The normalized spacial score (nSPS) is 10.8. The second-order valence-corrected chi connectivity index (χ2v) is 6.76. The van der Waals surface area contributed by atoms with Crippen LogP contribution < -0.4 is 0 Å². The Labute approximate surface area is 154 Å². The first kappa shape index (κ1) is 17.0. The summed E-state index contributed by atoms with van der Waals surface area (Å²) >= 11 is 13.4. The van der Waals surface area contributed by atoms with E-state index in [9.17, 15) is 0 Å². The molecule has 0 saturated carbocycles. The number of benzene rings is 1. The third-order valence-electron chi connectivity index (χ3n) is 3.29. The van der Waals surface area contributed by atoms with E-state index in [1.165, 1.54) is 0 Å². The van der Waals surface area contributed by atoms with Crippen molar-refractivity contribution in [1.29, 1.82) is 0 Å². The first-order chi connectivity index (χ1) is 11.7. The molecule has 2 aromatic heterocycles. The zero-order valence-electron chi connectivity index (χ0n) is 12.7. The minimum Gasteiger partial charge on any atom is -0.298 e. The van der Waals surface area contributed by atoms with Crippen LogP contribution in [0.5, 0.6) is 0 Å². The molecule has 0 amide bonds. The summed E-state index contributed by atoms with van der Waals surface area (Å²) in [6.07, 6.45) is 3.60. The average molecular weight is 377 g/mol. The third-order valence-corrected chi connectivity index (χ3v) is 4.80. The van der Waals surface area contributed by atoms with E-state index in [1.54, 1.807) is 24.0 Å². The standard InChI is InChI=1S/C17H14Cl2N4S/c1-2-9-23-16(13-4-6-14(18)7-5-13)21-22-17(23)24-11-12-3-8-15(19)20-10-12/h2-8,10H,1,9,11H2. The second kappa shape index (κ2) is 7.83. The van der Waals surface area contributed by atoms with Gasteiger partial charge in [-0.3, -0.25) is 4.57 Å². The smallest absolute Gasteiger partial charge is 0.192 e. The van der Waals surface area contributed by atoms with Crippen molar-refractivity contribution in [2.24, 2.45) is 0 Å². The Kier molecular flexibility index (Phi) is 5.56. The Morgan fingerprint density at radius 2 is 1.88 bits per heavy atom. The quantitative estimate of drug-likeness (QED) is 0.340. The first-order valence-electron chi connectivity index (χ1n) is 7.20. The topological polar surface area (TPSA) is 43.6 Å². The molecule has 0 aliphatic heterocycles. The van der Waals surface area contributed by atoms with Gasteiger partial charge in [-0.05, 0) is 35.9 Å². The van der Waals surface area contributed by atoms with Crippen molar-refractivity contribution in [3.05, 3.63) is 71.0 Å². The van der Waals surface area contributed by atoms with Crippen molar-refractivity contribution in [2.75, 3.05) is 0 Å². The average Bonchev–Trinajstić information content (AvgIpc) is 2.98. The highest BCUT2D eigenvalue weighted by Gasteiger charge is 2.13. The largest absolute Gasteiger partial charge is 0.298 e. The molecule has 0 unspecified atom stereocenters. The van der Waals surface area contributed by atoms with E-state index in [-0.39, 0.29) is 0 Å². The van der Waals surface area contributed by atoms with Crippen LogP contribution in [0.25, 0.3) is 11.4 Å². The molecule has 2 heterocycles. The van der Waals surface area contributed by atoms with Gasteiger partial charge in [0.15, 0.2) is 11.0 Å². The summed E-state index contributed by atoms with van der Waals surface area (Å²) in [5, 5.41) is 10.7. The van der Waals surface area contributed by atoms with E-state index in [1.807, 2.05) is 41.0 Å². The monoisotopic (exact) mass is 376 g/mol. The van der Waals surface area contributed by atoms with Crippen molar-refractivity contribution < 1.29 is 0 Å². The predicted octanol–water partition coefficient (Wildman–Crippen LogP) is 5.13. The zero-order valence-corrected chi connectivity index (χ0v) is 15.0. The maximum absolute atomic E-state index is 5.96. The Balaban J connectivity index is 1.84. The lowest BCUT2D eigenvalue weighted by Gasteiger charge is -2.08. The van der Waals surface area contributed by atoms with Crippen molar-refractivity contribution >= 4 is 35.0 Å². The maximum Gasteiger partial charge on any atom is 0.192 e. The van der Waals surface area contributed by atoms with Crippen LogP contribution >= 0.6 is 35.0 Å². The highest BCUT2D eigenvalue weighted by molar-refractivity contribution is 7.98. The lowest BCUT2D eigenvalue weighted by atomic mass is 10.2. The molecule has 1 aromatic carbocycles. The number of nitrogens with zero attached hydrogens (tertiary/aromatic N) is 4. The molecule has 0 N–H and O–H groups in total. The number of aromatic nitrogens is 4. The molecular weight excluding hydrogens is 363 g/mol. The van der Waals surface area contributed by atoms with E-state index < -0.39 is 0 Å². The fourth-order valence-electron chi connectivity index (χ4n) is 2.14. The number of pyridine rings is 1. The molecule has 0 aliphatic carbocycles. The van der Waals surface area contributed by atoms with Crippen molar-refractivity contribution in [2.45, 2.75) is 17.5 Å². The summed E-state index contributed by atoms with van der Waals surface area (Å²) in [6.45, 7) is 4.45. The zero-order chi connectivity index (χ0) is 16.9. The van der Waals surface area contributed by atoms with Gasteiger partial charge in [-0.2, -0.15) is 0 Å². The summed E-state index contributed by atoms with van der Waals surface area (Å²) in [4.78, 5) is 4.09. The molecule has 3 rings (SSSR count). The summed E-state index contributed by atoms with van der Waals surface area (Å²) in [5.41, 5.74) is 2.04. The van der Waals surface area contributed by atoms with E-state index in [0.717, 1.165) is 27.9 Å². The molecule has 4 nitrogen and oxygen atoms in total. The van der Waals surface area contributed by atoms with Crippen LogP contribution in [-0.2, 0) is 12.3 Å². The summed E-state index contributed by atoms with van der Waals surface area (Å²) in [6, 6.07) is 11.3. The Morgan fingerprint density at radius 1 is 1.08 bits per heavy atom. The van der Waals surface area contributed by atoms with Gasteiger partial charge in [0.25, 0.3) is 0 Å². The summed E-state index contributed by atoms with van der Waals surface area (Å²) < 4.78 is 2.03. The van der Waals surface area contributed by atoms with Gasteiger partial charge in [-0.25, -0.2) is 4.98 Å². The van der Waals surface area contributed by atoms with Gasteiger partial charge in [-0.1, -0.05) is 47.1 Å². The highest BCUT2D eigenvalue weighted by atomic mass is 35.5. The minimum atomic E-state index is 0.489. The highest BCUT2D eigenvalue weighted by Crippen LogP contribution is 2.27. The van der Waals surface area contributed by atoms with Crippen LogP contribution in [0.1, 0.15) is 5.56 Å². The van der Waals surface area contributed by atoms with E-state index >= 15 is 0 Å². The van der Waals surface area contributed by atoms with Crippen LogP contribution in [0.3, 0.4) is 0 Å². The minimum absolute atomic E-state index is 0.489. The molecule has 122 valence electrons. The van der Waals surface area contributed by atoms with Gasteiger partial charge in [0.1, 0.15) is 5.15 Å². The third kappa shape index (κ3) is 3.98. The van der Waals surface area contributed by atoms with Gasteiger partial charge < -0.3 is 0 Å². The van der Waals surface area contributed by atoms with Crippen molar-refractivity contribution in [3.63, 3.8) is 0 Å². The van der Waals surface area contributed by atoms with Gasteiger partial charge >= 0.3 is 0 Å². The van der Waals surface area contributed by atoms with E-state index in [4.69, 9.17) is 23.2 Å². The molecule has 0 fully saturated rings. The lowest BCUT2D eigenvalue weighted by Crippen LogP contribution is -2.00. The van der Waals surface area contributed by atoms with Crippen LogP contribution in [0, 0.1) is 0 Å². The fourth-order valence-corrected chi connectivity index (χ4v) is 3.26. The Hall–Kier alpha value is -1.82. The van der Waals surface area contributed by atoms with E-state index in [2.05, 4.69) is 21.8 Å². The van der Waals surface area contributed by atoms with E-state index in [0.29, 0.717) is 16.7 Å². The number of allylic oxidation sites excluding steroid dienone is 1. The fraction of sp³-hybridized carbons (Fsp3) is 0.118.